The Kier molecular flexibility index (Phi) is 4.37. The Morgan fingerprint density at radius 2 is 1.95 bits per heavy atom. The third-order valence-electron chi connectivity index (χ3n) is 3.72. The van der Waals surface area contributed by atoms with E-state index in [-0.39, 0.29) is 24.1 Å². The average Bonchev–Trinajstić information content (AvgIpc) is 2.49. The molecule has 0 aliphatic carbocycles. The van der Waals surface area contributed by atoms with E-state index in [9.17, 15) is 14.4 Å². The first-order valence-corrected chi connectivity index (χ1v) is 6.71. The fourth-order valence-electron chi connectivity index (χ4n) is 2.35. The van der Waals surface area contributed by atoms with Gasteiger partial charge in [0.05, 0.1) is 25.7 Å². The lowest BCUT2D eigenvalue weighted by Crippen LogP contribution is -2.60. The normalized spacial score (nSPS) is 20.8. The number of carbonyl (C=O) groups excluding carboxylic acids is 3. The van der Waals surface area contributed by atoms with Gasteiger partial charge in [-0.3, -0.25) is 24.6 Å². The molecule has 0 saturated carbocycles. The molecule has 1 N–H and O–H groups in total. The summed E-state index contributed by atoms with van der Waals surface area (Å²) in [7, 11) is 1.55. The summed E-state index contributed by atoms with van der Waals surface area (Å²) in [6.07, 6.45) is 0. The van der Waals surface area contributed by atoms with Crippen LogP contribution in [-0.4, -0.2) is 48.2 Å². The molecule has 1 saturated heterocycles. The molecule has 2 atom stereocenters. The van der Waals surface area contributed by atoms with Crippen molar-refractivity contribution in [1.82, 2.24) is 10.2 Å². The lowest BCUT2D eigenvalue weighted by molar-refractivity contribution is -0.140. The molecule has 6 heteroatoms. The number of benzene rings is 1. The van der Waals surface area contributed by atoms with Crippen molar-refractivity contribution in [2.24, 2.45) is 0 Å². The number of methoxy groups -OCH3 is 1. The van der Waals surface area contributed by atoms with Crippen LogP contribution in [0.15, 0.2) is 24.3 Å². The Hall–Kier alpha value is -2.21. The SMILES string of the molecule is COc1ccc(C(=O)C(C)N2CC(=O)NC(=O)C2C)cc1. The minimum Gasteiger partial charge on any atom is -0.497 e. The van der Waals surface area contributed by atoms with Gasteiger partial charge in [0.1, 0.15) is 5.75 Å². The first-order valence-electron chi connectivity index (χ1n) is 6.71. The smallest absolute Gasteiger partial charge is 0.243 e. The van der Waals surface area contributed by atoms with E-state index in [4.69, 9.17) is 4.74 Å². The number of rotatable bonds is 4. The summed E-state index contributed by atoms with van der Waals surface area (Å²) in [5.41, 5.74) is 0.522. The van der Waals surface area contributed by atoms with E-state index in [0.717, 1.165) is 0 Å². The third-order valence-corrected chi connectivity index (χ3v) is 3.72. The maximum atomic E-state index is 12.5. The van der Waals surface area contributed by atoms with Crippen LogP contribution in [0, 0.1) is 0 Å². The van der Waals surface area contributed by atoms with Crippen LogP contribution in [0.5, 0.6) is 5.75 Å². The number of ether oxygens (including phenoxy) is 1. The lowest BCUT2D eigenvalue weighted by Gasteiger charge is -2.35. The van der Waals surface area contributed by atoms with Gasteiger partial charge in [-0.15, -0.1) is 0 Å². The Morgan fingerprint density at radius 3 is 2.52 bits per heavy atom. The van der Waals surface area contributed by atoms with Crippen molar-refractivity contribution >= 4 is 17.6 Å². The fourth-order valence-corrected chi connectivity index (χ4v) is 2.35. The largest absolute Gasteiger partial charge is 0.497 e. The second-order valence-electron chi connectivity index (χ2n) is 5.03. The molecule has 0 bridgehead atoms. The molecule has 6 nitrogen and oxygen atoms in total. The monoisotopic (exact) mass is 290 g/mol. The van der Waals surface area contributed by atoms with Gasteiger partial charge >= 0.3 is 0 Å². The van der Waals surface area contributed by atoms with E-state index >= 15 is 0 Å². The van der Waals surface area contributed by atoms with Gasteiger partial charge in [0, 0.05) is 5.56 Å². The second kappa shape index (κ2) is 6.05. The van der Waals surface area contributed by atoms with Crippen LogP contribution in [0.4, 0.5) is 0 Å². The first-order chi connectivity index (χ1) is 9.93. The quantitative estimate of drug-likeness (QED) is 0.649. The topological polar surface area (TPSA) is 75.7 Å². The average molecular weight is 290 g/mol. The van der Waals surface area contributed by atoms with Gasteiger partial charge in [-0.05, 0) is 38.1 Å². The number of piperazine rings is 1. The number of hydrogen-bond acceptors (Lipinski definition) is 5. The molecular formula is C15H18N2O4. The molecule has 2 unspecified atom stereocenters. The molecule has 1 aliphatic rings. The van der Waals surface area contributed by atoms with Gasteiger partial charge in [-0.25, -0.2) is 0 Å². The number of carbonyl (C=O) groups is 3. The summed E-state index contributed by atoms with van der Waals surface area (Å²) in [5, 5.41) is 2.26. The summed E-state index contributed by atoms with van der Waals surface area (Å²) in [5.74, 6) is -0.222. The van der Waals surface area contributed by atoms with E-state index in [0.29, 0.717) is 11.3 Å². The Labute approximate surface area is 123 Å². The highest BCUT2D eigenvalue weighted by atomic mass is 16.5. The summed E-state index contributed by atoms with van der Waals surface area (Å²) in [4.78, 5) is 37.2. The predicted molar refractivity (Wildman–Crippen MR) is 76.1 cm³/mol. The van der Waals surface area contributed by atoms with Gasteiger partial charge < -0.3 is 4.74 Å². The number of nitrogens with zero attached hydrogens (tertiary/aromatic N) is 1. The van der Waals surface area contributed by atoms with Crippen LogP contribution in [0.2, 0.25) is 0 Å². The molecule has 21 heavy (non-hydrogen) atoms. The van der Waals surface area contributed by atoms with Crippen molar-refractivity contribution in [3.63, 3.8) is 0 Å². The van der Waals surface area contributed by atoms with Gasteiger partial charge in [0.25, 0.3) is 0 Å². The number of ketones is 1. The van der Waals surface area contributed by atoms with E-state index in [1.54, 1.807) is 50.1 Å². The van der Waals surface area contributed by atoms with Crippen LogP contribution >= 0.6 is 0 Å². The zero-order valence-corrected chi connectivity index (χ0v) is 12.3. The highest BCUT2D eigenvalue weighted by Crippen LogP contribution is 2.17. The van der Waals surface area contributed by atoms with Crippen LogP contribution in [0.25, 0.3) is 0 Å². The number of hydrogen-bond donors (Lipinski definition) is 1. The van der Waals surface area contributed by atoms with Crippen molar-refractivity contribution in [2.45, 2.75) is 25.9 Å². The molecule has 112 valence electrons. The molecule has 1 fully saturated rings. The summed E-state index contributed by atoms with van der Waals surface area (Å²) >= 11 is 0. The van der Waals surface area contributed by atoms with Crippen molar-refractivity contribution < 1.29 is 19.1 Å². The summed E-state index contributed by atoms with van der Waals surface area (Å²) in [6, 6.07) is 5.69. The first kappa shape index (κ1) is 15.2. The van der Waals surface area contributed by atoms with Crippen molar-refractivity contribution in [2.75, 3.05) is 13.7 Å². The molecule has 1 aromatic rings. The molecule has 2 rings (SSSR count). The van der Waals surface area contributed by atoms with Gasteiger partial charge in [0.15, 0.2) is 5.78 Å². The zero-order valence-electron chi connectivity index (χ0n) is 12.3. The Balaban J connectivity index is 2.17. The maximum absolute atomic E-state index is 12.5. The minimum atomic E-state index is -0.552. The summed E-state index contributed by atoms with van der Waals surface area (Å²) < 4.78 is 5.05. The lowest BCUT2D eigenvalue weighted by atomic mass is 10.0. The van der Waals surface area contributed by atoms with Gasteiger partial charge in [0.2, 0.25) is 11.8 Å². The molecule has 2 amide bonds. The molecular weight excluding hydrogens is 272 g/mol. The second-order valence-corrected chi connectivity index (χ2v) is 5.03. The molecule has 1 aliphatic heterocycles. The van der Waals surface area contributed by atoms with Crippen LogP contribution in [0.3, 0.4) is 0 Å². The highest BCUT2D eigenvalue weighted by molar-refractivity contribution is 6.04. The highest BCUT2D eigenvalue weighted by Gasteiger charge is 2.36. The van der Waals surface area contributed by atoms with E-state index in [2.05, 4.69) is 5.32 Å². The molecule has 0 spiro atoms. The fraction of sp³-hybridized carbons (Fsp3) is 0.400. The molecule has 1 heterocycles. The number of Topliss-reactive ketones (excluding diaryl/α,β-unsaturated/α-hetero) is 1. The minimum absolute atomic E-state index is 0.0377. The molecule has 0 radical (unpaired) electrons. The van der Waals surface area contributed by atoms with Crippen LogP contribution < -0.4 is 10.1 Å². The number of amides is 2. The van der Waals surface area contributed by atoms with Gasteiger partial charge in [-0.1, -0.05) is 0 Å². The van der Waals surface area contributed by atoms with Crippen molar-refractivity contribution in [3.8, 4) is 5.75 Å². The zero-order chi connectivity index (χ0) is 15.6. The van der Waals surface area contributed by atoms with Crippen LogP contribution in [0.1, 0.15) is 24.2 Å². The number of nitrogens with one attached hydrogen (secondary N) is 1. The third kappa shape index (κ3) is 3.11. The number of imide groups is 1. The van der Waals surface area contributed by atoms with Gasteiger partial charge in [-0.2, -0.15) is 0 Å². The van der Waals surface area contributed by atoms with Crippen molar-refractivity contribution in [3.05, 3.63) is 29.8 Å². The van der Waals surface area contributed by atoms with Crippen molar-refractivity contribution in [1.29, 1.82) is 0 Å². The molecule has 0 aromatic heterocycles. The molecule has 1 aromatic carbocycles. The van der Waals surface area contributed by atoms with E-state index < -0.39 is 12.1 Å². The van der Waals surface area contributed by atoms with E-state index in [1.165, 1.54) is 0 Å². The van der Waals surface area contributed by atoms with E-state index in [1.807, 2.05) is 0 Å². The Morgan fingerprint density at radius 1 is 1.33 bits per heavy atom. The predicted octanol–water partition coefficient (Wildman–Crippen LogP) is 0.613. The van der Waals surface area contributed by atoms with Crippen LogP contribution in [-0.2, 0) is 9.59 Å². The standard InChI is InChI=1S/C15H18N2O4/c1-9(17-8-13(18)16-15(20)10(17)2)14(19)11-4-6-12(21-3)7-5-11/h4-7,9-10H,8H2,1-3H3,(H,16,18,20). The summed E-state index contributed by atoms with van der Waals surface area (Å²) in [6.45, 7) is 3.42. The Bertz CT molecular complexity index is 568. The maximum Gasteiger partial charge on any atom is 0.243 e.